The smallest absolute Gasteiger partial charge is 0.396 e. The molecule has 1 unspecified atom stereocenters. The number of hydrogen-bond donors (Lipinski definition) is 2. The number of alkyl halides is 3. The first-order valence-corrected chi connectivity index (χ1v) is 5.44. The summed E-state index contributed by atoms with van der Waals surface area (Å²) >= 11 is 5.74. The van der Waals surface area contributed by atoms with Crippen molar-refractivity contribution in [3.63, 3.8) is 0 Å². The molecule has 0 heterocycles. The minimum absolute atomic E-state index is 0.00521. The number of aliphatic hydroxyl groups excluding tert-OH is 1. The Bertz CT molecular complexity index is 381. The molecule has 0 aliphatic carbocycles. The monoisotopic (exact) mass is 267 g/mol. The molecular weight excluding hydrogens is 255 g/mol. The van der Waals surface area contributed by atoms with Crippen molar-refractivity contribution in [3.8, 4) is 0 Å². The van der Waals surface area contributed by atoms with Crippen LogP contribution >= 0.6 is 11.6 Å². The van der Waals surface area contributed by atoms with E-state index in [4.69, 9.17) is 16.7 Å². The third-order valence-corrected chi connectivity index (χ3v) is 2.56. The van der Waals surface area contributed by atoms with Crippen LogP contribution in [0.2, 0.25) is 5.02 Å². The molecule has 0 amide bonds. The van der Waals surface area contributed by atoms with Crippen LogP contribution in [-0.2, 0) is 6.18 Å². The lowest BCUT2D eigenvalue weighted by Gasteiger charge is -2.14. The first-order chi connectivity index (χ1) is 7.84. The Morgan fingerprint density at radius 2 is 2.06 bits per heavy atom. The molecule has 17 heavy (non-hydrogen) atoms. The fraction of sp³-hybridized carbons (Fsp3) is 0.455. The second-order valence-corrected chi connectivity index (χ2v) is 4.27. The van der Waals surface area contributed by atoms with Gasteiger partial charge < -0.3 is 10.4 Å². The number of benzene rings is 1. The number of aliphatic hydroxyl groups is 1. The van der Waals surface area contributed by atoms with Crippen molar-refractivity contribution in [1.82, 2.24) is 0 Å². The quantitative estimate of drug-likeness (QED) is 0.876. The molecule has 0 saturated carbocycles. The molecule has 0 aliphatic rings. The Morgan fingerprint density at radius 1 is 1.41 bits per heavy atom. The number of hydrogen-bond acceptors (Lipinski definition) is 2. The summed E-state index contributed by atoms with van der Waals surface area (Å²) < 4.78 is 37.1. The van der Waals surface area contributed by atoms with Gasteiger partial charge in [0.15, 0.2) is 0 Å². The molecule has 96 valence electrons. The number of halogens is 4. The van der Waals surface area contributed by atoms with Crippen LogP contribution in [-0.4, -0.2) is 18.3 Å². The summed E-state index contributed by atoms with van der Waals surface area (Å²) in [6, 6.07) is 3.14. The van der Waals surface area contributed by atoms with Gasteiger partial charge in [-0.3, -0.25) is 0 Å². The maximum Gasteiger partial charge on any atom is 0.416 e. The zero-order valence-corrected chi connectivity index (χ0v) is 9.94. The molecule has 0 aliphatic heterocycles. The van der Waals surface area contributed by atoms with Gasteiger partial charge in [0.2, 0.25) is 0 Å². The van der Waals surface area contributed by atoms with Crippen LogP contribution in [0.3, 0.4) is 0 Å². The van der Waals surface area contributed by atoms with Crippen LogP contribution in [0.25, 0.3) is 0 Å². The first kappa shape index (κ1) is 14.1. The highest BCUT2D eigenvalue weighted by Crippen LogP contribution is 2.33. The topological polar surface area (TPSA) is 32.3 Å². The van der Waals surface area contributed by atoms with Gasteiger partial charge in [0.25, 0.3) is 0 Å². The predicted octanol–water partition coefficient (Wildman–Crippen LogP) is 3.40. The summed E-state index contributed by atoms with van der Waals surface area (Å²) in [5.74, 6) is 0.00774. The predicted molar refractivity (Wildman–Crippen MR) is 61.2 cm³/mol. The average Bonchev–Trinajstić information content (AvgIpc) is 2.25. The van der Waals surface area contributed by atoms with Crippen molar-refractivity contribution >= 4 is 17.3 Å². The van der Waals surface area contributed by atoms with Crippen molar-refractivity contribution in [3.05, 3.63) is 28.8 Å². The fourth-order valence-corrected chi connectivity index (χ4v) is 1.43. The SMILES string of the molecule is CC(CO)CNc1ccc(C(F)(F)F)cc1Cl. The van der Waals surface area contributed by atoms with Crippen LogP contribution in [0.5, 0.6) is 0 Å². The van der Waals surface area contributed by atoms with Crippen LogP contribution in [0, 0.1) is 5.92 Å². The van der Waals surface area contributed by atoms with Gasteiger partial charge in [0.1, 0.15) is 0 Å². The molecule has 6 heteroatoms. The summed E-state index contributed by atoms with van der Waals surface area (Å²) in [6.07, 6.45) is -4.39. The molecule has 0 bridgehead atoms. The Labute approximate surface area is 102 Å². The van der Waals surface area contributed by atoms with Gasteiger partial charge in [-0.2, -0.15) is 13.2 Å². The highest BCUT2D eigenvalue weighted by Gasteiger charge is 2.30. The summed E-state index contributed by atoms with van der Waals surface area (Å²) in [5, 5.41) is 11.7. The lowest BCUT2D eigenvalue weighted by Crippen LogP contribution is -2.15. The van der Waals surface area contributed by atoms with E-state index in [9.17, 15) is 13.2 Å². The van der Waals surface area contributed by atoms with E-state index < -0.39 is 11.7 Å². The lowest BCUT2D eigenvalue weighted by atomic mass is 10.1. The lowest BCUT2D eigenvalue weighted by molar-refractivity contribution is -0.137. The molecule has 1 aromatic carbocycles. The highest BCUT2D eigenvalue weighted by molar-refractivity contribution is 6.33. The molecule has 1 rings (SSSR count). The molecule has 0 radical (unpaired) electrons. The largest absolute Gasteiger partial charge is 0.416 e. The summed E-state index contributed by atoms with van der Waals surface area (Å²) in [5.41, 5.74) is -0.344. The molecule has 1 aromatic rings. The molecule has 2 N–H and O–H groups in total. The van der Waals surface area contributed by atoms with Crippen molar-refractivity contribution in [2.45, 2.75) is 13.1 Å². The van der Waals surface area contributed by atoms with Gasteiger partial charge >= 0.3 is 6.18 Å². The van der Waals surface area contributed by atoms with E-state index in [1.807, 2.05) is 6.92 Å². The fourth-order valence-electron chi connectivity index (χ4n) is 1.18. The van der Waals surface area contributed by atoms with E-state index in [1.165, 1.54) is 6.07 Å². The molecule has 0 aromatic heterocycles. The molecule has 2 nitrogen and oxygen atoms in total. The Kier molecular flexibility index (Phi) is 4.65. The van der Waals surface area contributed by atoms with Crippen molar-refractivity contribution in [2.24, 2.45) is 5.92 Å². The summed E-state index contributed by atoms with van der Waals surface area (Å²) in [4.78, 5) is 0. The molecule has 0 spiro atoms. The standard InChI is InChI=1S/C11H13ClF3NO/c1-7(6-17)5-16-10-3-2-8(4-9(10)12)11(13,14)15/h2-4,7,16-17H,5-6H2,1H3. The van der Waals surface area contributed by atoms with E-state index in [0.717, 1.165) is 12.1 Å². The number of anilines is 1. The summed E-state index contributed by atoms with van der Waals surface area (Å²) in [6.45, 7) is 2.26. The average molecular weight is 268 g/mol. The number of rotatable bonds is 4. The minimum Gasteiger partial charge on any atom is -0.396 e. The molecule has 1 atom stereocenters. The van der Waals surface area contributed by atoms with Gasteiger partial charge in [-0.15, -0.1) is 0 Å². The van der Waals surface area contributed by atoms with Crippen molar-refractivity contribution < 1.29 is 18.3 Å². The zero-order chi connectivity index (χ0) is 13.1. The minimum atomic E-state index is -4.39. The normalized spacial score (nSPS) is 13.5. The second-order valence-electron chi connectivity index (χ2n) is 3.86. The van der Waals surface area contributed by atoms with E-state index in [2.05, 4.69) is 5.32 Å². The van der Waals surface area contributed by atoms with Crippen LogP contribution < -0.4 is 5.32 Å². The Morgan fingerprint density at radius 3 is 2.53 bits per heavy atom. The Balaban J connectivity index is 2.77. The van der Waals surface area contributed by atoms with Gasteiger partial charge in [0, 0.05) is 13.2 Å². The van der Waals surface area contributed by atoms with E-state index in [1.54, 1.807) is 0 Å². The molecule has 0 saturated heterocycles. The maximum absolute atomic E-state index is 12.4. The van der Waals surface area contributed by atoms with Crippen molar-refractivity contribution in [1.29, 1.82) is 0 Å². The summed E-state index contributed by atoms with van der Waals surface area (Å²) in [7, 11) is 0. The third-order valence-electron chi connectivity index (χ3n) is 2.25. The van der Waals surface area contributed by atoms with E-state index in [0.29, 0.717) is 12.2 Å². The van der Waals surface area contributed by atoms with Crippen molar-refractivity contribution in [2.75, 3.05) is 18.5 Å². The van der Waals surface area contributed by atoms with Crippen LogP contribution in [0.1, 0.15) is 12.5 Å². The van der Waals surface area contributed by atoms with E-state index >= 15 is 0 Å². The Hall–Kier alpha value is -0.940. The molecular formula is C11H13ClF3NO. The van der Waals surface area contributed by atoms with Gasteiger partial charge in [0.05, 0.1) is 16.3 Å². The van der Waals surface area contributed by atoms with Crippen LogP contribution in [0.15, 0.2) is 18.2 Å². The first-order valence-electron chi connectivity index (χ1n) is 5.06. The van der Waals surface area contributed by atoms with E-state index in [-0.39, 0.29) is 17.5 Å². The third kappa shape index (κ3) is 4.09. The van der Waals surface area contributed by atoms with Gasteiger partial charge in [-0.25, -0.2) is 0 Å². The maximum atomic E-state index is 12.4. The molecule has 0 fully saturated rings. The second kappa shape index (κ2) is 5.60. The van der Waals surface area contributed by atoms with Crippen LogP contribution in [0.4, 0.5) is 18.9 Å². The highest BCUT2D eigenvalue weighted by atomic mass is 35.5. The van der Waals surface area contributed by atoms with Gasteiger partial charge in [-0.05, 0) is 24.1 Å². The number of nitrogens with one attached hydrogen (secondary N) is 1. The zero-order valence-electron chi connectivity index (χ0n) is 9.18. The van der Waals surface area contributed by atoms with Gasteiger partial charge in [-0.1, -0.05) is 18.5 Å².